The molecule has 0 unspecified atom stereocenters. The summed E-state index contributed by atoms with van der Waals surface area (Å²) in [4.78, 5) is 18.1. The van der Waals surface area contributed by atoms with Crippen LogP contribution in [0.15, 0.2) is 188 Å². The van der Waals surface area contributed by atoms with Crippen molar-refractivity contribution in [2.45, 2.75) is 27.7 Å². The maximum absolute atomic E-state index is 5.48. The van der Waals surface area contributed by atoms with Crippen molar-refractivity contribution in [3.63, 3.8) is 0 Å². The minimum Gasteiger partial charge on any atom is -0.311 e. The fraction of sp³-hybridized carbons (Fsp3) is 0.0727. The maximum Gasteiger partial charge on any atom is 0.137 e. The van der Waals surface area contributed by atoms with Crippen LogP contribution in [0.25, 0.3) is 72.7 Å². The van der Waals surface area contributed by atoms with Gasteiger partial charge in [-0.05, 0) is 111 Å². The minimum absolute atomic E-state index is 0.842. The van der Waals surface area contributed by atoms with Crippen molar-refractivity contribution in [1.82, 2.24) is 19.4 Å². The van der Waals surface area contributed by atoms with Gasteiger partial charge in [-0.2, -0.15) is 0 Å². The zero-order chi connectivity index (χ0) is 40.7. The van der Waals surface area contributed by atoms with Crippen LogP contribution >= 0.6 is 0 Å². The zero-order valence-electron chi connectivity index (χ0n) is 34.1. The van der Waals surface area contributed by atoms with Gasteiger partial charge in [-0.3, -0.25) is 0 Å². The van der Waals surface area contributed by atoms with Crippen LogP contribution in [-0.2, 0) is 0 Å². The number of pyridine rings is 1. The zero-order valence-corrected chi connectivity index (χ0v) is 34.1. The lowest BCUT2D eigenvalue weighted by molar-refractivity contribution is 1.19. The molecule has 10 rings (SSSR count). The second-order valence-corrected chi connectivity index (χ2v) is 15.8. The fourth-order valence-electron chi connectivity index (χ4n) is 8.49. The molecule has 5 nitrogen and oxygen atoms in total. The Morgan fingerprint density at radius 1 is 0.383 bits per heavy atom. The lowest BCUT2D eigenvalue weighted by Crippen LogP contribution is -2.09. The first-order valence-corrected chi connectivity index (χ1v) is 20.4. The normalized spacial score (nSPS) is 11.3. The van der Waals surface area contributed by atoms with Crippen LogP contribution in [0.5, 0.6) is 0 Å². The van der Waals surface area contributed by atoms with Gasteiger partial charge in [-0.25, -0.2) is 15.0 Å². The van der Waals surface area contributed by atoms with E-state index < -0.39 is 0 Å². The predicted molar refractivity (Wildman–Crippen MR) is 249 cm³/mol. The summed E-state index contributed by atoms with van der Waals surface area (Å²) < 4.78 is 2.05. The van der Waals surface area contributed by atoms with Gasteiger partial charge in [0.15, 0.2) is 0 Å². The van der Waals surface area contributed by atoms with Crippen LogP contribution in [-0.4, -0.2) is 19.4 Å². The van der Waals surface area contributed by atoms with E-state index in [0.29, 0.717) is 0 Å². The second-order valence-electron chi connectivity index (χ2n) is 15.8. The van der Waals surface area contributed by atoms with Crippen LogP contribution in [0.1, 0.15) is 22.3 Å². The highest BCUT2D eigenvalue weighted by Gasteiger charge is 2.19. The summed E-state index contributed by atoms with van der Waals surface area (Å²) in [6.07, 6.45) is 4.10. The fourth-order valence-corrected chi connectivity index (χ4v) is 8.49. The molecule has 7 aromatic carbocycles. The summed E-state index contributed by atoms with van der Waals surface area (Å²) in [6, 6.07) is 62.4. The van der Waals surface area contributed by atoms with Crippen LogP contribution in [0, 0.1) is 27.7 Å². The molecule has 0 amide bonds. The highest BCUT2D eigenvalue weighted by Crippen LogP contribution is 2.41. The summed E-state index contributed by atoms with van der Waals surface area (Å²) in [5, 5.41) is 0. The molecule has 10 aromatic rings. The number of imidazole rings is 1. The van der Waals surface area contributed by atoms with E-state index in [1.54, 1.807) is 0 Å². The van der Waals surface area contributed by atoms with E-state index >= 15 is 0 Å². The molecule has 0 bridgehead atoms. The Kier molecular flexibility index (Phi) is 9.34. The molecule has 288 valence electrons. The molecular weight excluding hydrogens is 731 g/mol. The Morgan fingerprint density at radius 3 is 1.35 bits per heavy atom. The van der Waals surface area contributed by atoms with E-state index in [1.807, 2.05) is 30.5 Å². The Bertz CT molecular complexity index is 3090. The number of hydrogen-bond acceptors (Lipinski definition) is 4. The number of nitrogens with zero attached hydrogens (tertiary/aromatic N) is 5. The van der Waals surface area contributed by atoms with Gasteiger partial charge < -0.3 is 9.30 Å². The van der Waals surface area contributed by atoms with Crippen LogP contribution in [0.4, 0.5) is 17.1 Å². The lowest BCUT2D eigenvalue weighted by atomic mass is 9.90. The smallest absolute Gasteiger partial charge is 0.137 e. The average molecular weight is 774 g/mol. The van der Waals surface area contributed by atoms with Gasteiger partial charge in [0.1, 0.15) is 5.65 Å². The van der Waals surface area contributed by atoms with Gasteiger partial charge in [0.2, 0.25) is 0 Å². The van der Waals surface area contributed by atoms with Gasteiger partial charge in [0.25, 0.3) is 0 Å². The van der Waals surface area contributed by atoms with Gasteiger partial charge in [0.05, 0.1) is 28.1 Å². The number of benzene rings is 7. The molecule has 0 N–H and O–H groups in total. The molecule has 0 saturated heterocycles. The average Bonchev–Trinajstić information content (AvgIpc) is 3.71. The number of aryl methyl sites for hydroxylation is 4. The maximum atomic E-state index is 5.48. The van der Waals surface area contributed by atoms with Crippen LogP contribution < -0.4 is 4.90 Å². The van der Waals surface area contributed by atoms with Gasteiger partial charge >= 0.3 is 0 Å². The molecule has 0 spiro atoms. The van der Waals surface area contributed by atoms with Gasteiger partial charge in [-0.1, -0.05) is 138 Å². The SMILES string of the molecule is Cc1cc(C)cc(-c2cc3nc(-c4ccccc4)c(-c4ccc(N(c5ccccc5)c5ccc(-c6cn7ccccc7n6)cc5)cc4)nc3cc2-c2cc(C)cc(C)c2)c1. The third-order valence-electron chi connectivity index (χ3n) is 11.1. The minimum atomic E-state index is 0.842. The molecule has 0 atom stereocenters. The first-order valence-electron chi connectivity index (χ1n) is 20.4. The highest BCUT2D eigenvalue weighted by atomic mass is 15.1. The number of fused-ring (bicyclic) bond motifs is 2. The number of aromatic nitrogens is 4. The number of rotatable bonds is 8. The third-order valence-corrected chi connectivity index (χ3v) is 11.1. The van der Waals surface area contributed by atoms with Crippen LogP contribution in [0.2, 0.25) is 0 Å². The Labute approximate surface area is 351 Å². The molecule has 0 aliphatic rings. The standard InChI is InChI=1S/C55H43N5/c1-36-27-37(2)30-43(29-36)48-33-50-51(34-49(48)44-31-38(3)28-39(4)32-44)58-55(54(57-50)41-13-7-5-8-14-41)42-20-24-47(25-21-42)60(45-15-9-6-10-16-45)46-22-18-40(19-23-46)52-35-59-26-12-11-17-53(59)56-52/h5-35H,1-4H3. The quantitative estimate of drug-likeness (QED) is 0.154. The second kappa shape index (κ2) is 15.3. The summed E-state index contributed by atoms with van der Waals surface area (Å²) in [5.41, 5.74) is 21.1. The van der Waals surface area contributed by atoms with Crippen molar-refractivity contribution < 1.29 is 0 Å². The molecular formula is C55H43N5. The van der Waals surface area contributed by atoms with Crippen LogP contribution in [0.3, 0.4) is 0 Å². The van der Waals surface area contributed by atoms with E-state index in [1.165, 1.54) is 33.4 Å². The summed E-state index contributed by atoms with van der Waals surface area (Å²) in [5.74, 6) is 0. The first kappa shape index (κ1) is 36.7. The third kappa shape index (κ3) is 7.11. The molecule has 3 aromatic heterocycles. The largest absolute Gasteiger partial charge is 0.311 e. The Hall–Kier alpha value is -7.63. The van der Waals surface area contributed by atoms with Crippen molar-refractivity contribution in [2.24, 2.45) is 0 Å². The van der Waals surface area contributed by atoms with Crippen molar-refractivity contribution >= 4 is 33.7 Å². The summed E-state index contributed by atoms with van der Waals surface area (Å²) in [6.45, 7) is 8.66. The van der Waals surface area contributed by atoms with E-state index in [0.717, 1.165) is 78.6 Å². The van der Waals surface area contributed by atoms with Gasteiger partial charge in [0, 0.05) is 46.1 Å². The van der Waals surface area contributed by atoms with Gasteiger partial charge in [-0.15, -0.1) is 0 Å². The highest BCUT2D eigenvalue weighted by molar-refractivity contribution is 5.96. The van der Waals surface area contributed by atoms with Crippen molar-refractivity contribution in [3.8, 4) is 56.0 Å². The molecule has 0 fully saturated rings. The Balaban J connectivity index is 1.10. The van der Waals surface area contributed by atoms with E-state index in [2.05, 4.69) is 195 Å². The first-order chi connectivity index (χ1) is 29.3. The topological polar surface area (TPSA) is 46.3 Å². The molecule has 5 heteroatoms. The molecule has 0 aliphatic heterocycles. The number of para-hydroxylation sites is 1. The van der Waals surface area contributed by atoms with E-state index in [9.17, 15) is 0 Å². The monoisotopic (exact) mass is 773 g/mol. The number of anilines is 3. The van der Waals surface area contributed by atoms with E-state index in [4.69, 9.17) is 15.0 Å². The summed E-state index contributed by atoms with van der Waals surface area (Å²) >= 11 is 0. The Morgan fingerprint density at radius 2 is 0.833 bits per heavy atom. The van der Waals surface area contributed by atoms with Crippen molar-refractivity contribution in [2.75, 3.05) is 4.90 Å². The lowest BCUT2D eigenvalue weighted by Gasteiger charge is -2.26. The molecule has 0 aliphatic carbocycles. The predicted octanol–water partition coefficient (Wildman–Crippen LogP) is 14.3. The summed E-state index contributed by atoms with van der Waals surface area (Å²) in [7, 11) is 0. The van der Waals surface area contributed by atoms with Crippen molar-refractivity contribution in [3.05, 3.63) is 211 Å². The van der Waals surface area contributed by atoms with Crippen molar-refractivity contribution in [1.29, 1.82) is 0 Å². The van der Waals surface area contributed by atoms with E-state index in [-0.39, 0.29) is 0 Å². The molecule has 0 radical (unpaired) electrons. The molecule has 60 heavy (non-hydrogen) atoms. The molecule has 3 heterocycles. The molecule has 0 saturated carbocycles. The number of hydrogen-bond donors (Lipinski definition) is 0.